The van der Waals surface area contributed by atoms with Crippen molar-refractivity contribution in [1.82, 2.24) is 20.0 Å². The quantitative estimate of drug-likeness (QED) is 0.657. The summed E-state index contributed by atoms with van der Waals surface area (Å²) < 4.78 is 14.0. The topological polar surface area (TPSA) is 34.1 Å². The molecule has 7 heteroatoms. The Morgan fingerprint density at radius 1 is 1.38 bits per heavy atom. The van der Waals surface area contributed by atoms with E-state index in [1.165, 1.54) is 19.2 Å². The molecule has 0 saturated carbocycles. The normalized spacial score (nSPS) is 26.5. The number of benzene rings is 1. The average molecular weight is 354 g/mol. The molecule has 1 unspecified atom stereocenters. The van der Waals surface area contributed by atoms with Crippen molar-refractivity contribution in [2.75, 3.05) is 53.4 Å². The van der Waals surface area contributed by atoms with E-state index in [9.17, 15) is 4.39 Å². The van der Waals surface area contributed by atoms with Crippen molar-refractivity contribution >= 4 is 17.6 Å². The summed E-state index contributed by atoms with van der Waals surface area (Å²) >= 11 is 6.12. The maximum absolute atomic E-state index is 14.0. The lowest BCUT2D eigenvalue weighted by atomic mass is 10.1. The monoisotopic (exact) mass is 353 g/mol. The Bertz CT molecular complexity index is 580. The SMILES string of the molecule is CN=C(NCC1CN2CCN1CC2)N(C)Cc1c(F)cccc1Cl. The molecule has 3 saturated heterocycles. The first-order valence-electron chi connectivity index (χ1n) is 8.39. The molecule has 1 aromatic rings. The fourth-order valence-corrected chi connectivity index (χ4v) is 3.73. The molecular weight excluding hydrogens is 329 g/mol. The van der Waals surface area contributed by atoms with Crippen LogP contribution in [0.1, 0.15) is 5.56 Å². The number of aliphatic imine (C=N–C) groups is 1. The Hall–Kier alpha value is -1.37. The Kier molecular flexibility index (Phi) is 5.58. The zero-order valence-corrected chi connectivity index (χ0v) is 15.1. The second kappa shape index (κ2) is 7.68. The first-order chi connectivity index (χ1) is 11.6. The molecule has 1 aromatic carbocycles. The number of nitrogens with zero attached hydrogens (tertiary/aromatic N) is 4. The van der Waals surface area contributed by atoms with Crippen LogP contribution < -0.4 is 5.32 Å². The smallest absolute Gasteiger partial charge is 0.193 e. The van der Waals surface area contributed by atoms with Crippen LogP contribution in [0.25, 0.3) is 0 Å². The van der Waals surface area contributed by atoms with Crippen molar-refractivity contribution < 1.29 is 4.39 Å². The number of fused-ring (bicyclic) bond motifs is 3. The summed E-state index contributed by atoms with van der Waals surface area (Å²) in [5, 5.41) is 3.87. The Morgan fingerprint density at radius 3 is 2.71 bits per heavy atom. The summed E-state index contributed by atoms with van der Waals surface area (Å²) in [5.74, 6) is 0.472. The van der Waals surface area contributed by atoms with Gasteiger partial charge in [0.2, 0.25) is 0 Å². The Balaban J connectivity index is 1.58. The molecule has 3 fully saturated rings. The maximum Gasteiger partial charge on any atom is 0.193 e. The number of piperazine rings is 3. The van der Waals surface area contributed by atoms with E-state index in [1.807, 2.05) is 11.9 Å². The van der Waals surface area contributed by atoms with Gasteiger partial charge in [0.15, 0.2) is 5.96 Å². The molecular formula is C17H25ClFN5. The van der Waals surface area contributed by atoms with Gasteiger partial charge in [-0.2, -0.15) is 0 Å². The summed E-state index contributed by atoms with van der Waals surface area (Å²) in [4.78, 5) is 11.3. The van der Waals surface area contributed by atoms with Gasteiger partial charge in [-0.1, -0.05) is 17.7 Å². The molecule has 132 valence electrons. The lowest BCUT2D eigenvalue weighted by Gasteiger charge is -2.47. The summed E-state index contributed by atoms with van der Waals surface area (Å²) in [5.41, 5.74) is 0.496. The predicted molar refractivity (Wildman–Crippen MR) is 96.0 cm³/mol. The molecule has 0 spiro atoms. The molecule has 3 aliphatic heterocycles. The van der Waals surface area contributed by atoms with Gasteiger partial charge in [-0.3, -0.25) is 14.8 Å². The molecule has 0 amide bonds. The van der Waals surface area contributed by atoms with Gasteiger partial charge in [-0.15, -0.1) is 0 Å². The zero-order valence-electron chi connectivity index (χ0n) is 14.3. The second-order valence-electron chi connectivity index (χ2n) is 6.47. The average Bonchev–Trinajstić information content (AvgIpc) is 2.60. The van der Waals surface area contributed by atoms with E-state index in [0.717, 1.165) is 32.1 Å². The lowest BCUT2D eigenvalue weighted by Crippen LogP contribution is -2.63. The minimum absolute atomic E-state index is 0.284. The first kappa shape index (κ1) is 17.5. The van der Waals surface area contributed by atoms with E-state index in [4.69, 9.17) is 11.6 Å². The van der Waals surface area contributed by atoms with Gasteiger partial charge < -0.3 is 10.2 Å². The van der Waals surface area contributed by atoms with Gasteiger partial charge in [0.1, 0.15) is 5.82 Å². The Labute approximate surface area is 148 Å². The standard InChI is InChI=1S/C17H25ClFN5/c1-20-17(21-10-13-11-23-6-8-24(13)9-7-23)22(2)12-14-15(18)4-3-5-16(14)19/h3-5,13H,6-12H2,1-2H3,(H,20,21). The van der Waals surface area contributed by atoms with E-state index in [2.05, 4.69) is 20.1 Å². The van der Waals surface area contributed by atoms with Gasteiger partial charge in [-0.25, -0.2) is 4.39 Å². The number of rotatable bonds is 4. The van der Waals surface area contributed by atoms with Crippen LogP contribution in [-0.4, -0.2) is 80.1 Å². The first-order valence-corrected chi connectivity index (χ1v) is 8.77. The third-order valence-corrected chi connectivity index (χ3v) is 5.27. The van der Waals surface area contributed by atoms with Crippen LogP contribution in [0.15, 0.2) is 23.2 Å². The second-order valence-corrected chi connectivity index (χ2v) is 6.88. The van der Waals surface area contributed by atoms with Crippen molar-refractivity contribution in [3.05, 3.63) is 34.6 Å². The van der Waals surface area contributed by atoms with Crippen molar-refractivity contribution in [2.24, 2.45) is 4.99 Å². The van der Waals surface area contributed by atoms with Crippen molar-refractivity contribution in [3.63, 3.8) is 0 Å². The minimum Gasteiger partial charge on any atom is -0.355 e. The summed E-state index contributed by atoms with van der Waals surface area (Å²) in [7, 11) is 3.65. The molecule has 3 heterocycles. The highest BCUT2D eigenvalue weighted by molar-refractivity contribution is 6.31. The van der Waals surface area contributed by atoms with Crippen molar-refractivity contribution in [1.29, 1.82) is 0 Å². The largest absolute Gasteiger partial charge is 0.355 e. The van der Waals surface area contributed by atoms with Crippen molar-refractivity contribution in [3.8, 4) is 0 Å². The number of nitrogens with one attached hydrogen (secondary N) is 1. The van der Waals surface area contributed by atoms with E-state index in [1.54, 1.807) is 19.2 Å². The Morgan fingerprint density at radius 2 is 2.12 bits per heavy atom. The van der Waals surface area contributed by atoms with Gasteiger partial charge in [0.05, 0.1) is 0 Å². The molecule has 1 atom stereocenters. The predicted octanol–water partition coefficient (Wildman–Crippen LogP) is 1.49. The highest BCUT2D eigenvalue weighted by atomic mass is 35.5. The highest BCUT2D eigenvalue weighted by Gasteiger charge is 2.31. The molecule has 5 nitrogen and oxygen atoms in total. The molecule has 4 rings (SSSR count). The number of hydrogen-bond acceptors (Lipinski definition) is 3. The minimum atomic E-state index is -0.284. The third kappa shape index (κ3) is 3.82. The number of halogens is 2. The van der Waals surface area contributed by atoms with Crippen molar-refractivity contribution in [2.45, 2.75) is 12.6 Å². The molecule has 0 radical (unpaired) electrons. The van der Waals surface area contributed by atoms with Crippen LogP contribution in [0.5, 0.6) is 0 Å². The molecule has 3 aliphatic rings. The van der Waals surface area contributed by atoms with Gasteiger partial charge in [0.25, 0.3) is 0 Å². The fraction of sp³-hybridized carbons (Fsp3) is 0.588. The van der Waals surface area contributed by atoms with E-state index in [-0.39, 0.29) is 5.82 Å². The van der Waals surface area contributed by atoms with Gasteiger partial charge in [-0.05, 0) is 12.1 Å². The zero-order chi connectivity index (χ0) is 17.1. The fourth-order valence-electron chi connectivity index (χ4n) is 3.51. The van der Waals surface area contributed by atoms with E-state index in [0.29, 0.717) is 23.2 Å². The lowest BCUT2D eigenvalue weighted by molar-refractivity contribution is 0.0152. The summed E-state index contributed by atoms with van der Waals surface area (Å²) in [6, 6.07) is 5.28. The number of hydrogen-bond donors (Lipinski definition) is 1. The van der Waals surface area contributed by atoms with E-state index < -0.39 is 0 Å². The molecule has 0 aliphatic carbocycles. The summed E-state index contributed by atoms with van der Waals surface area (Å²) in [6.45, 7) is 6.97. The van der Waals surface area contributed by atoms with Crippen LogP contribution in [0.4, 0.5) is 4.39 Å². The van der Waals surface area contributed by atoms with Crippen LogP contribution in [0.3, 0.4) is 0 Å². The van der Waals surface area contributed by atoms with Crippen LogP contribution in [-0.2, 0) is 6.54 Å². The van der Waals surface area contributed by atoms with Gasteiger partial charge >= 0.3 is 0 Å². The van der Waals surface area contributed by atoms with Crippen LogP contribution in [0, 0.1) is 5.82 Å². The van der Waals surface area contributed by atoms with Crippen LogP contribution >= 0.6 is 11.6 Å². The maximum atomic E-state index is 14.0. The molecule has 0 aromatic heterocycles. The molecule has 1 N–H and O–H groups in total. The van der Waals surface area contributed by atoms with E-state index >= 15 is 0 Å². The summed E-state index contributed by atoms with van der Waals surface area (Å²) in [6.07, 6.45) is 0. The van der Waals surface area contributed by atoms with Crippen LogP contribution in [0.2, 0.25) is 5.02 Å². The van der Waals surface area contributed by atoms with Gasteiger partial charge in [0, 0.05) is 76.5 Å². The highest BCUT2D eigenvalue weighted by Crippen LogP contribution is 2.20. The molecule has 2 bridgehead atoms. The number of guanidine groups is 1. The molecule has 24 heavy (non-hydrogen) atoms. The third-order valence-electron chi connectivity index (χ3n) is 4.92.